The first-order valence-corrected chi connectivity index (χ1v) is 12.3. The van der Waals surface area contributed by atoms with Crippen LogP contribution in [-0.4, -0.2) is 12.6 Å². The van der Waals surface area contributed by atoms with Gasteiger partial charge in [0.05, 0.1) is 6.61 Å². The predicted octanol–water partition coefficient (Wildman–Crippen LogP) is 8.15. The molecule has 8 heteroatoms. The highest BCUT2D eigenvalue weighted by Crippen LogP contribution is 2.33. The molecule has 35 heavy (non-hydrogen) atoms. The molecule has 1 saturated carbocycles. The lowest BCUT2D eigenvalue weighted by Gasteiger charge is -2.28. The fourth-order valence-electron chi connectivity index (χ4n) is 4.51. The van der Waals surface area contributed by atoms with Gasteiger partial charge in [-0.2, -0.15) is 0 Å². The van der Waals surface area contributed by atoms with Crippen molar-refractivity contribution in [2.24, 2.45) is 11.8 Å². The van der Waals surface area contributed by atoms with Crippen LogP contribution in [-0.2, 0) is 0 Å². The van der Waals surface area contributed by atoms with Crippen LogP contribution >= 0.6 is 0 Å². The number of esters is 1. The Morgan fingerprint density at radius 2 is 1.31 bits per heavy atom. The average molecular weight is 499 g/mol. The second-order valence-electron chi connectivity index (χ2n) is 9.25. The van der Waals surface area contributed by atoms with Crippen molar-refractivity contribution < 1.29 is 36.2 Å². The third-order valence-electron chi connectivity index (χ3n) is 6.56. The first kappa shape index (κ1) is 27.0. The molecule has 2 aromatic carbocycles. The summed E-state index contributed by atoms with van der Waals surface area (Å²) in [6, 6.07) is 2.55. The van der Waals surface area contributed by atoms with Crippen LogP contribution in [0.1, 0.15) is 81.5 Å². The van der Waals surface area contributed by atoms with E-state index in [0.29, 0.717) is 24.7 Å². The second-order valence-corrected chi connectivity index (χ2v) is 9.25. The van der Waals surface area contributed by atoms with Crippen LogP contribution in [0.15, 0.2) is 24.3 Å². The van der Waals surface area contributed by atoms with Gasteiger partial charge in [-0.15, -0.1) is 0 Å². The van der Waals surface area contributed by atoms with Crippen molar-refractivity contribution in [1.29, 1.82) is 0 Å². The van der Waals surface area contributed by atoms with E-state index in [1.54, 1.807) is 0 Å². The molecule has 0 radical (unpaired) electrons. The van der Waals surface area contributed by atoms with Crippen LogP contribution in [0.4, 0.5) is 22.0 Å². The van der Waals surface area contributed by atoms with Crippen LogP contribution in [0.25, 0.3) is 0 Å². The summed E-state index contributed by atoms with van der Waals surface area (Å²) >= 11 is 0. The van der Waals surface area contributed by atoms with Crippen molar-refractivity contribution >= 4 is 5.97 Å². The molecule has 0 aromatic heterocycles. The number of carbonyl (C=O) groups excluding carboxylic acids is 1. The van der Waals surface area contributed by atoms with E-state index in [0.717, 1.165) is 43.7 Å². The second kappa shape index (κ2) is 12.9. The number of halogens is 5. The predicted molar refractivity (Wildman–Crippen MR) is 122 cm³/mol. The summed E-state index contributed by atoms with van der Waals surface area (Å²) in [5.41, 5.74) is -1.04. The molecular formula is C27H31F5O3. The van der Waals surface area contributed by atoms with E-state index in [-0.39, 0.29) is 5.75 Å². The number of hydrogen-bond donors (Lipinski definition) is 0. The molecule has 3 nitrogen and oxygen atoms in total. The highest BCUT2D eigenvalue weighted by Gasteiger charge is 2.24. The number of unbranched alkanes of at least 4 members (excludes halogenated alkanes) is 4. The molecule has 2 aromatic rings. The Morgan fingerprint density at radius 3 is 1.91 bits per heavy atom. The summed E-state index contributed by atoms with van der Waals surface area (Å²) < 4.78 is 78.8. The molecule has 0 spiro atoms. The summed E-state index contributed by atoms with van der Waals surface area (Å²) in [5.74, 6) is -8.68. The third-order valence-corrected chi connectivity index (χ3v) is 6.56. The van der Waals surface area contributed by atoms with E-state index in [4.69, 9.17) is 4.74 Å². The van der Waals surface area contributed by atoms with Crippen LogP contribution in [0, 0.1) is 40.9 Å². The Kier molecular flexibility index (Phi) is 9.93. The monoisotopic (exact) mass is 498 g/mol. The summed E-state index contributed by atoms with van der Waals surface area (Å²) in [7, 11) is 0. The molecule has 0 heterocycles. The summed E-state index contributed by atoms with van der Waals surface area (Å²) in [5, 5.41) is 0. The van der Waals surface area contributed by atoms with Crippen LogP contribution in [0.2, 0.25) is 0 Å². The lowest BCUT2D eigenvalue weighted by atomic mass is 9.80. The van der Waals surface area contributed by atoms with Crippen molar-refractivity contribution in [3.63, 3.8) is 0 Å². The van der Waals surface area contributed by atoms with Gasteiger partial charge in [0.1, 0.15) is 28.7 Å². The number of benzene rings is 2. The van der Waals surface area contributed by atoms with E-state index in [1.165, 1.54) is 38.5 Å². The minimum absolute atomic E-state index is 0.0616. The van der Waals surface area contributed by atoms with Crippen molar-refractivity contribution in [1.82, 2.24) is 0 Å². The van der Waals surface area contributed by atoms with Gasteiger partial charge in [-0.05, 0) is 24.7 Å². The lowest BCUT2D eigenvalue weighted by molar-refractivity contribution is 0.0723. The molecule has 3 rings (SSSR count). The minimum Gasteiger partial charge on any atom is -0.493 e. The number of carbonyl (C=O) groups is 1. The SMILES string of the molecule is CCCCCCC[C@H]1CC[C@H](COc2cc(F)c(C(=O)Oc3cc(F)c(F)c(F)c3)c(F)c2)CC1. The summed E-state index contributed by atoms with van der Waals surface area (Å²) in [6.45, 7) is 2.52. The third kappa shape index (κ3) is 7.67. The number of rotatable bonds is 11. The van der Waals surface area contributed by atoms with Crippen molar-refractivity contribution in [2.45, 2.75) is 71.1 Å². The highest BCUT2D eigenvalue weighted by atomic mass is 19.2. The Hall–Kier alpha value is -2.64. The quantitative estimate of drug-likeness (QED) is 0.103. The molecule has 0 aliphatic heterocycles. The smallest absolute Gasteiger partial charge is 0.349 e. The lowest BCUT2D eigenvalue weighted by Crippen LogP contribution is -2.20. The van der Waals surface area contributed by atoms with Gasteiger partial charge in [-0.25, -0.2) is 26.7 Å². The zero-order valence-electron chi connectivity index (χ0n) is 19.9. The maximum absolute atomic E-state index is 14.5. The zero-order chi connectivity index (χ0) is 25.4. The molecule has 0 N–H and O–H groups in total. The normalized spacial score (nSPS) is 17.9. The molecule has 0 unspecified atom stereocenters. The first-order chi connectivity index (χ1) is 16.8. The highest BCUT2D eigenvalue weighted by molar-refractivity contribution is 5.91. The van der Waals surface area contributed by atoms with E-state index in [1.807, 2.05) is 0 Å². The molecular weight excluding hydrogens is 467 g/mol. The molecule has 1 fully saturated rings. The molecule has 0 atom stereocenters. The van der Waals surface area contributed by atoms with Crippen LogP contribution in [0.5, 0.6) is 11.5 Å². The largest absolute Gasteiger partial charge is 0.493 e. The Bertz CT molecular complexity index is 956. The molecule has 0 saturated heterocycles. The van der Waals surface area contributed by atoms with Gasteiger partial charge < -0.3 is 9.47 Å². The first-order valence-electron chi connectivity index (χ1n) is 12.3. The fourth-order valence-corrected chi connectivity index (χ4v) is 4.51. The molecule has 192 valence electrons. The van der Waals surface area contributed by atoms with Crippen molar-refractivity contribution in [3.05, 3.63) is 58.9 Å². The molecule has 1 aliphatic rings. The number of ether oxygens (including phenoxy) is 2. The molecule has 0 bridgehead atoms. The minimum atomic E-state index is -1.75. The maximum atomic E-state index is 14.5. The van der Waals surface area contributed by atoms with Crippen LogP contribution < -0.4 is 9.47 Å². The van der Waals surface area contributed by atoms with Crippen LogP contribution in [0.3, 0.4) is 0 Å². The van der Waals surface area contributed by atoms with Gasteiger partial charge in [0, 0.05) is 24.3 Å². The van der Waals surface area contributed by atoms with Gasteiger partial charge >= 0.3 is 5.97 Å². The summed E-state index contributed by atoms with van der Waals surface area (Å²) in [6.07, 6.45) is 11.9. The standard InChI is InChI=1S/C27H31F5O3/c1-2-3-4-5-6-7-17-8-10-18(11-9-17)16-34-19-12-21(28)25(22(29)13-19)27(33)35-20-14-23(30)26(32)24(31)15-20/h12-15,17-18H,2-11,16H2,1H3/t17-,18-. The van der Waals surface area contributed by atoms with Crippen molar-refractivity contribution in [2.75, 3.05) is 6.61 Å². The van der Waals surface area contributed by atoms with Gasteiger partial charge in [-0.1, -0.05) is 58.3 Å². The van der Waals surface area contributed by atoms with Gasteiger partial charge in [0.15, 0.2) is 17.5 Å². The van der Waals surface area contributed by atoms with E-state index in [9.17, 15) is 26.7 Å². The van der Waals surface area contributed by atoms with E-state index in [2.05, 4.69) is 11.7 Å². The van der Waals surface area contributed by atoms with Crippen molar-refractivity contribution in [3.8, 4) is 11.5 Å². The maximum Gasteiger partial charge on any atom is 0.349 e. The summed E-state index contributed by atoms with van der Waals surface area (Å²) in [4.78, 5) is 12.2. The zero-order valence-corrected chi connectivity index (χ0v) is 19.9. The molecule has 1 aliphatic carbocycles. The van der Waals surface area contributed by atoms with Gasteiger partial charge in [-0.3, -0.25) is 0 Å². The average Bonchev–Trinajstić information content (AvgIpc) is 2.81. The number of hydrogen-bond acceptors (Lipinski definition) is 3. The Balaban J connectivity index is 1.50. The molecule has 0 amide bonds. The van der Waals surface area contributed by atoms with E-state index >= 15 is 0 Å². The fraction of sp³-hybridized carbons (Fsp3) is 0.519. The van der Waals surface area contributed by atoms with E-state index < -0.39 is 46.4 Å². The topological polar surface area (TPSA) is 35.5 Å². The Morgan fingerprint density at radius 1 is 0.771 bits per heavy atom. The van der Waals surface area contributed by atoms with Gasteiger partial charge in [0.2, 0.25) is 0 Å². The Labute approximate surface area is 202 Å². The van der Waals surface area contributed by atoms with Gasteiger partial charge in [0.25, 0.3) is 0 Å².